The van der Waals surface area contributed by atoms with Crippen LogP contribution < -0.4 is 15.4 Å². The Kier molecular flexibility index (Phi) is 7.67. The van der Waals surface area contributed by atoms with Gasteiger partial charge in [0.25, 0.3) is 0 Å². The standard InChI is InChI=1S/C20H27N3O3S/c1-16(13-14-27(3,24)25)23-20(21-2)22-15-17-9-7-8-12-19(17)26-18-10-5-4-6-11-18/h4-12,16H,13-15H2,1-3H3,(H2,21,22,23). The molecule has 6 nitrogen and oxygen atoms in total. The molecule has 2 aromatic rings. The van der Waals surface area contributed by atoms with E-state index in [0.29, 0.717) is 18.9 Å². The fraction of sp³-hybridized carbons (Fsp3) is 0.350. The van der Waals surface area contributed by atoms with Crippen molar-refractivity contribution < 1.29 is 13.2 Å². The van der Waals surface area contributed by atoms with E-state index in [9.17, 15) is 8.42 Å². The summed E-state index contributed by atoms with van der Waals surface area (Å²) in [6, 6.07) is 17.4. The first-order valence-corrected chi connectivity index (χ1v) is 10.9. The van der Waals surface area contributed by atoms with Crippen molar-refractivity contribution in [2.45, 2.75) is 25.9 Å². The van der Waals surface area contributed by atoms with Gasteiger partial charge in [0, 0.05) is 31.5 Å². The van der Waals surface area contributed by atoms with Gasteiger partial charge in [0.1, 0.15) is 21.3 Å². The van der Waals surface area contributed by atoms with E-state index in [1.807, 2.05) is 61.5 Å². The number of sulfone groups is 1. The number of guanidine groups is 1. The molecule has 0 spiro atoms. The molecule has 0 saturated carbocycles. The van der Waals surface area contributed by atoms with Crippen molar-refractivity contribution in [3.8, 4) is 11.5 Å². The number of hydrogen-bond acceptors (Lipinski definition) is 4. The average Bonchev–Trinajstić information content (AvgIpc) is 2.65. The van der Waals surface area contributed by atoms with Crippen LogP contribution in [0.25, 0.3) is 0 Å². The molecule has 0 aliphatic carbocycles. The van der Waals surface area contributed by atoms with Crippen LogP contribution in [0.3, 0.4) is 0 Å². The lowest BCUT2D eigenvalue weighted by atomic mass is 10.2. The van der Waals surface area contributed by atoms with Gasteiger partial charge in [-0.3, -0.25) is 4.99 Å². The molecular formula is C20H27N3O3S. The van der Waals surface area contributed by atoms with Crippen molar-refractivity contribution in [2.75, 3.05) is 19.1 Å². The van der Waals surface area contributed by atoms with Crippen LogP contribution in [0.2, 0.25) is 0 Å². The van der Waals surface area contributed by atoms with Crippen LogP contribution in [0, 0.1) is 0 Å². The van der Waals surface area contributed by atoms with Gasteiger partial charge in [0.05, 0.1) is 5.75 Å². The van der Waals surface area contributed by atoms with Gasteiger partial charge >= 0.3 is 0 Å². The summed E-state index contributed by atoms with van der Waals surface area (Å²) < 4.78 is 28.6. The number of aliphatic imine (C=N–C) groups is 1. The summed E-state index contributed by atoms with van der Waals surface area (Å²) in [5.74, 6) is 2.32. The summed E-state index contributed by atoms with van der Waals surface area (Å²) in [7, 11) is -1.28. The highest BCUT2D eigenvalue weighted by Crippen LogP contribution is 2.24. The molecule has 0 saturated heterocycles. The van der Waals surface area contributed by atoms with Crippen LogP contribution in [-0.2, 0) is 16.4 Å². The van der Waals surface area contributed by atoms with Gasteiger partial charge in [-0.15, -0.1) is 0 Å². The lowest BCUT2D eigenvalue weighted by Gasteiger charge is -2.18. The number of rotatable bonds is 8. The van der Waals surface area contributed by atoms with Crippen LogP contribution in [0.4, 0.5) is 0 Å². The number of benzene rings is 2. The second-order valence-electron chi connectivity index (χ2n) is 6.41. The minimum atomic E-state index is -2.97. The van der Waals surface area contributed by atoms with E-state index in [-0.39, 0.29) is 11.8 Å². The topological polar surface area (TPSA) is 79.8 Å². The van der Waals surface area contributed by atoms with Crippen molar-refractivity contribution >= 4 is 15.8 Å². The Morgan fingerprint density at radius 1 is 1.11 bits per heavy atom. The Labute approximate surface area is 161 Å². The molecule has 0 aliphatic rings. The molecule has 0 aliphatic heterocycles. The third-order valence-electron chi connectivity index (χ3n) is 3.92. The zero-order valence-electron chi connectivity index (χ0n) is 16.0. The molecule has 0 bridgehead atoms. The predicted molar refractivity (Wildman–Crippen MR) is 110 cm³/mol. The van der Waals surface area contributed by atoms with Gasteiger partial charge in [-0.2, -0.15) is 0 Å². The van der Waals surface area contributed by atoms with Gasteiger partial charge in [-0.25, -0.2) is 8.42 Å². The van der Waals surface area contributed by atoms with E-state index in [4.69, 9.17) is 4.74 Å². The van der Waals surface area contributed by atoms with Crippen LogP contribution in [0.5, 0.6) is 11.5 Å². The maximum Gasteiger partial charge on any atom is 0.191 e. The molecule has 1 unspecified atom stereocenters. The normalized spacial score (nSPS) is 13.1. The Morgan fingerprint density at radius 2 is 1.78 bits per heavy atom. The van der Waals surface area contributed by atoms with E-state index in [2.05, 4.69) is 15.6 Å². The van der Waals surface area contributed by atoms with Crippen molar-refractivity contribution in [1.82, 2.24) is 10.6 Å². The molecule has 27 heavy (non-hydrogen) atoms. The number of ether oxygens (including phenoxy) is 1. The van der Waals surface area contributed by atoms with Gasteiger partial charge in [0.2, 0.25) is 0 Å². The van der Waals surface area contributed by atoms with Crippen molar-refractivity contribution in [3.05, 3.63) is 60.2 Å². The summed E-state index contributed by atoms with van der Waals surface area (Å²) in [6.07, 6.45) is 1.77. The molecule has 146 valence electrons. The van der Waals surface area contributed by atoms with E-state index < -0.39 is 9.84 Å². The van der Waals surface area contributed by atoms with Crippen LogP contribution in [0.15, 0.2) is 59.6 Å². The lowest BCUT2D eigenvalue weighted by molar-refractivity contribution is 0.475. The maximum absolute atomic E-state index is 11.3. The van der Waals surface area contributed by atoms with E-state index in [1.54, 1.807) is 7.05 Å². The highest BCUT2D eigenvalue weighted by atomic mass is 32.2. The highest BCUT2D eigenvalue weighted by Gasteiger charge is 2.10. The Balaban J connectivity index is 1.94. The van der Waals surface area contributed by atoms with Crippen LogP contribution in [0.1, 0.15) is 18.9 Å². The minimum Gasteiger partial charge on any atom is -0.457 e. The molecule has 2 N–H and O–H groups in total. The number of hydrogen-bond donors (Lipinski definition) is 2. The molecule has 2 aromatic carbocycles. The number of nitrogens with zero attached hydrogens (tertiary/aromatic N) is 1. The molecule has 2 rings (SSSR count). The monoisotopic (exact) mass is 389 g/mol. The third kappa shape index (κ3) is 7.70. The minimum absolute atomic E-state index is 0.0123. The SMILES string of the molecule is CN=C(NCc1ccccc1Oc1ccccc1)NC(C)CCS(C)(=O)=O. The first kappa shape index (κ1) is 20.8. The molecule has 1 atom stereocenters. The molecule has 0 heterocycles. The molecule has 0 amide bonds. The third-order valence-corrected chi connectivity index (χ3v) is 4.90. The quantitative estimate of drug-likeness (QED) is 0.536. The maximum atomic E-state index is 11.3. The first-order chi connectivity index (χ1) is 12.9. The van der Waals surface area contributed by atoms with E-state index in [0.717, 1.165) is 17.1 Å². The Bertz CT molecular complexity index is 852. The lowest BCUT2D eigenvalue weighted by Crippen LogP contribution is -2.42. The van der Waals surface area contributed by atoms with Crippen LogP contribution >= 0.6 is 0 Å². The molecule has 0 fully saturated rings. The van der Waals surface area contributed by atoms with Gasteiger partial charge < -0.3 is 15.4 Å². The molecule has 0 aromatic heterocycles. The van der Waals surface area contributed by atoms with E-state index in [1.165, 1.54) is 6.26 Å². The smallest absolute Gasteiger partial charge is 0.191 e. The summed E-state index contributed by atoms with van der Waals surface area (Å²) in [5.41, 5.74) is 0.994. The zero-order valence-corrected chi connectivity index (χ0v) is 16.8. The summed E-state index contributed by atoms with van der Waals surface area (Å²) in [4.78, 5) is 4.21. The fourth-order valence-electron chi connectivity index (χ4n) is 2.43. The van der Waals surface area contributed by atoms with Gasteiger partial charge in [0.15, 0.2) is 5.96 Å². The van der Waals surface area contributed by atoms with Crippen molar-refractivity contribution in [1.29, 1.82) is 0 Å². The van der Waals surface area contributed by atoms with Crippen LogP contribution in [-0.4, -0.2) is 39.5 Å². The van der Waals surface area contributed by atoms with E-state index >= 15 is 0 Å². The second-order valence-corrected chi connectivity index (χ2v) is 8.67. The summed E-state index contributed by atoms with van der Waals surface area (Å²) in [5, 5.41) is 6.46. The largest absolute Gasteiger partial charge is 0.457 e. The number of para-hydroxylation sites is 2. The predicted octanol–water partition coefficient (Wildman–Crippen LogP) is 2.97. The fourth-order valence-corrected chi connectivity index (χ4v) is 3.22. The first-order valence-electron chi connectivity index (χ1n) is 8.83. The zero-order chi connectivity index (χ0) is 19.7. The number of nitrogens with one attached hydrogen (secondary N) is 2. The summed E-state index contributed by atoms with van der Waals surface area (Å²) >= 11 is 0. The average molecular weight is 390 g/mol. The van der Waals surface area contributed by atoms with Gasteiger partial charge in [-0.05, 0) is 31.5 Å². The molecule has 0 radical (unpaired) electrons. The summed E-state index contributed by atoms with van der Waals surface area (Å²) in [6.45, 7) is 2.46. The van der Waals surface area contributed by atoms with Gasteiger partial charge in [-0.1, -0.05) is 36.4 Å². The molecular weight excluding hydrogens is 362 g/mol. The second kappa shape index (κ2) is 9.97. The molecule has 7 heteroatoms. The van der Waals surface area contributed by atoms with Crippen molar-refractivity contribution in [3.63, 3.8) is 0 Å². The van der Waals surface area contributed by atoms with Crippen molar-refractivity contribution in [2.24, 2.45) is 4.99 Å². The Hall–Kier alpha value is -2.54. The highest BCUT2D eigenvalue weighted by molar-refractivity contribution is 7.90. The Morgan fingerprint density at radius 3 is 2.44 bits per heavy atom.